The molecule has 0 radical (unpaired) electrons. The van der Waals surface area contributed by atoms with Crippen LogP contribution < -0.4 is 0 Å². The predicted octanol–water partition coefficient (Wildman–Crippen LogP) is 1.51. The van der Waals surface area contributed by atoms with Crippen LogP contribution >= 0.6 is 0 Å². The molecule has 1 aliphatic heterocycles. The molecular weight excluding hydrogens is 162 g/mol. The van der Waals surface area contributed by atoms with E-state index in [1.807, 2.05) is 0 Å². The van der Waals surface area contributed by atoms with Crippen molar-refractivity contribution in [2.24, 2.45) is 0 Å². The second-order valence-electron chi connectivity index (χ2n) is 3.72. The highest BCUT2D eigenvalue weighted by molar-refractivity contribution is 4.85. The Morgan fingerprint density at radius 2 is 2.38 bits per heavy atom. The minimum atomic E-state index is 0.385. The Balaban J connectivity index is 2.22. The Bertz CT molecular complexity index is 185. The molecule has 2 atom stereocenters. The lowest BCUT2D eigenvalue weighted by Gasteiger charge is -2.26. The molecule has 1 fully saturated rings. The molecule has 0 bridgehead atoms. The van der Waals surface area contributed by atoms with Crippen molar-refractivity contribution in [2.75, 3.05) is 20.2 Å². The lowest BCUT2D eigenvalue weighted by Crippen LogP contribution is -2.37. The number of ether oxygens (including phenoxy) is 1. The third-order valence-corrected chi connectivity index (χ3v) is 2.73. The van der Waals surface area contributed by atoms with Crippen molar-refractivity contribution in [3.8, 4) is 12.3 Å². The molecule has 0 spiro atoms. The highest BCUT2D eigenvalue weighted by Crippen LogP contribution is 2.18. The fourth-order valence-electron chi connectivity index (χ4n) is 1.90. The van der Waals surface area contributed by atoms with Gasteiger partial charge in [-0.1, -0.05) is 0 Å². The zero-order valence-electron chi connectivity index (χ0n) is 8.62. The monoisotopic (exact) mass is 181 g/mol. The largest absolute Gasteiger partial charge is 0.377 e. The molecule has 0 N–H and O–H groups in total. The van der Waals surface area contributed by atoms with E-state index in [-0.39, 0.29) is 0 Å². The Morgan fingerprint density at radius 3 is 2.92 bits per heavy atom. The van der Waals surface area contributed by atoms with Gasteiger partial charge in [-0.2, -0.15) is 0 Å². The van der Waals surface area contributed by atoms with Gasteiger partial charge in [0.05, 0.1) is 6.10 Å². The first-order valence-electron chi connectivity index (χ1n) is 5.01. The zero-order valence-corrected chi connectivity index (χ0v) is 8.62. The number of hydrogen-bond donors (Lipinski definition) is 0. The number of terminal acetylenes is 1. The van der Waals surface area contributed by atoms with Crippen LogP contribution in [0.4, 0.5) is 0 Å². The summed E-state index contributed by atoms with van der Waals surface area (Å²) in [7, 11) is 2.16. The number of unbranched alkanes of at least 4 members (excludes halogenated alkanes) is 1. The molecule has 1 aliphatic rings. The Labute approximate surface area is 81.3 Å². The van der Waals surface area contributed by atoms with Crippen molar-refractivity contribution in [1.29, 1.82) is 0 Å². The van der Waals surface area contributed by atoms with Gasteiger partial charge in [0, 0.05) is 19.1 Å². The average Bonchev–Trinajstić information content (AvgIpc) is 2.52. The SMILES string of the molecule is C#CCCCN(C)C1CCOC1C. The summed E-state index contributed by atoms with van der Waals surface area (Å²) < 4.78 is 5.51. The van der Waals surface area contributed by atoms with E-state index in [0.717, 1.165) is 32.4 Å². The van der Waals surface area contributed by atoms with Crippen LogP contribution in [0.1, 0.15) is 26.2 Å². The molecule has 74 valence electrons. The highest BCUT2D eigenvalue weighted by atomic mass is 16.5. The third kappa shape index (κ3) is 3.02. The Kier molecular flexibility index (Phi) is 4.27. The highest BCUT2D eigenvalue weighted by Gasteiger charge is 2.27. The number of rotatable bonds is 4. The summed E-state index contributed by atoms with van der Waals surface area (Å²) in [5.41, 5.74) is 0. The van der Waals surface area contributed by atoms with E-state index in [4.69, 9.17) is 11.2 Å². The van der Waals surface area contributed by atoms with E-state index in [1.54, 1.807) is 0 Å². The molecular formula is C11H19NO. The maximum Gasteiger partial charge on any atom is 0.0702 e. The lowest BCUT2D eigenvalue weighted by atomic mass is 10.1. The van der Waals surface area contributed by atoms with E-state index >= 15 is 0 Å². The predicted molar refractivity (Wildman–Crippen MR) is 54.5 cm³/mol. The zero-order chi connectivity index (χ0) is 9.68. The summed E-state index contributed by atoms with van der Waals surface area (Å²) >= 11 is 0. The van der Waals surface area contributed by atoms with Crippen LogP contribution in [0.2, 0.25) is 0 Å². The van der Waals surface area contributed by atoms with E-state index < -0.39 is 0 Å². The normalized spacial score (nSPS) is 27.8. The molecule has 2 nitrogen and oxygen atoms in total. The van der Waals surface area contributed by atoms with Crippen molar-refractivity contribution in [3.05, 3.63) is 0 Å². The summed E-state index contributed by atoms with van der Waals surface area (Å²) in [5, 5.41) is 0. The molecule has 0 amide bonds. The molecule has 0 aliphatic carbocycles. The fourth-order valence-corrected chi connectivity index (χ4v) is 1.90. The van der Waals surface area contributed by atoms with Crippen LogP contribution in [0.3, 0.4) is 0 Å². The second-order valence-corrected chi connectivity index (χ2v) is 3.72. The Hall–Kier alpha value is -0.520. The summed E-state index contributed by atoms with van der Waals surface area (Å²) in [6.45, 7) is 4.14. The molecule has 0 aromatic carbocycles. The molecule has 0 saturated carbocycles. The third-order valence-electron chi connectivity index (χ3n) is 2.73. The molecule has 1 saturated heterocycles. The summed E-state index contributed by atoms with van der Waals surface area (Å²) in [4.78, 5) is 2.37. The van der Waals surface area contributed by atoms with Gasteiger partial charge in [0.2, 0.25) is 0 Å². The van der Waals surface area contributed by atoms with Gasteiger partial charge in [0.15, 0.2) is 0 Å². The standard InChI is InChI=1S/C11H19NO/c1-4-5-6-8-12(3)11-7-9-13-10(11)2/h1,10-11H,5-9H2,2-3H3. The van der Waals surface area contributed by atoms with Gasteiger partial charge < -0.3 is 9.64 Å². The van der Waals surface area contributed by atoms with Gasteiger partial charge in [-0.05, 0) is 33.4 Å². The van der Waals surface area contributed by atoms with Crippen molar-refractivity contribution >= 4 is 0 Å². The Morgan fingerprint density at radius 1 is 1.62 bits per heavy atom. The first-order chi connectivity index (χ1) is 6.25. The molecule has 2 unspecified atom stereocenters. The van der Waals surface area contributed by atoms with Crippen molar-refractivity contribution in [2.45, 2.75) is 38.3 Å². The van der Waals surface area contributed by atoms with Gasteiger partial charge in [0.25, 0.3) is 0 Å². The van der Waals surface area contributed by atoms with Crippen molar-refractivity contribution in [1.82, 2.24) is 4.90 Å². The summed E-state index contributed by atoms with van der Waals surface area (Å²) in [5.74, 6) is 2.67. The number of likely N-dealkylation sites (N-methyl/N-ethyl adjacent to an activating group) is 1. The van der Waals surface area contributed by atoms with Gasteiger partial charge in [-0.25, -0.2) is 0 Å². The summed E-state index contributed by atoms with van der Waals surface area (Å²) in [6, 6.07) is 0.595. The van der Waals surface area contributed by atoms with Crippen molar-refractivity contribution in [3.63, 3.8) is 0 Å². The van der Waals surface area contributed by atoms with E-state index in [2.05, 4.69) is 24.8 Å². The van der Waals surface area contributed by atoms with E-state index in [1.165, 1.54) is 0 Å². The minimum absolute atomic E-state index is 0.385. The summed E-state index contributed by atoms with van der Waals surface area (Å²) in [6.07, 6.45) is 8.72. The van der Waals surface area contributed by atoms with Crippen LogP contribution in [0.15, 0.2) is 0 Å². The van der Waals surface area contributed by atoms with Crippen molar-refractivity contribution < 1.29 is 4.74 Å². The van der Waals surface area contributed by atoms with Crippen LogP contribution in [-0.2, 0) is 4.74 Å². The quantitative estimate of drug-likeness (QED) is 0.481. The minimum Gasteiger partial charge on any atom is -0.377 e. The molecule has 2 heteroatoms. The average molecular weight is 181 g/mol. The van der Waals surface area contributed by atoms with Gasteiger partial charge in [-0.15, -0.1) is 12.3 Å². The molecule has 0 aromatic rings. The van der Waals surface area contributed by atoms with Crippen LogP contribution in [-0.4, -0.2) is 37.2 Å². The fraction of sp³-hybridized carbons (Fsp3) is 0.818. The molecule has 1 heterocycles. The van der Waals surface area contributed by atoms with Gasteiger partial charge in [0.1, 0.15) is 0 Å². The maximum absolute atomic E-state index is 5.51. The van der Waals surface area contributed by atoms with Gasteiger partial charge in [-0.3, -0.25) is 0 Å². The van der Waals surface area contributed by atoms with Crippen LogP contribution in [0.25, 0.3) is 0 Å². The molecule has 1 rings (SSSR count). The first kappa shape index (κ1) is 10.6. The van der Waals surface area contributed by atoms with E-state index in [0.29, 0.717) is 12.1 Å². The van der Waals surface area contributed by atoms with Crippen LogP contribution in [0, 0.1) is 12.3 Å². The van der Waals surface area contributed by atoms with E-state index in [9.17, 15) is 0 Å². The molecule has 0 aromatic heterocycles. The maximum atomic E-state index is 5.51. The number of nitrogens with zero attached hydrogens (tertiary/aromatic N) is 1. The second kappa shape index (κ2) is 5.26. The topological polar surface area (TPSA) is 12.5 Å². The first-order valence-corrected chi connectivity index (χ1v) is 5.01. The van der Waals surface area contributed by atoms with Gasteiger partial charge >= 0.3 is 0 Å². The lowest BCUT2D eigenvalue weighted by molar-refractivity contribution is 0.0835. The smallest absolute Gasteiger partial charge is 0.0702 e. The number of hydrogen-bond acceptors (Lipinski definition) is 2. The van der Waals surface area contributed by atoms with Crippen LogP contribution in [0.5, 0.6) is 0 Å². The molecule has 13 heavy (non-hydrogen) atoms.